The number of cyclic esters (lactones) is 4. The van der Waals surface area contributed by atoms with Gasteiger partial charge in [0, 0.05) is 128 Å². The third kappa shape index (κ3) is 19.1. The second kappa shape index (κ2) is 38.7. The van der Waals surface area contributed by atoms with Crippen LogP contribution in [0.3, 0.4) is 0 Å². The molecule has 5 saturated heterocycles. The SMILES string of the molecule is CCCCN1/C(=C/C=C2C(=O)OC(C)(C)OC2=O)OCC1(C)C.CCCCN1/C(=C/C=C2C(=O)OC(C)(c3ccccc3)OC2=O)C(C)(C)c2ccccc21.CCN1C(=O)C(=C/C=C2/N(Cc3ccc(C(=O)OC)cc3)c3ccccc3C2(C)C)C(=O)N(CC)C1=S.COC(=O)c1ccc(CN2/C(=C/C=C3C(=O)OC4(OC3=O)C3CC5CC(C3)CC4C5)C(C)(C)c3ccccc32)cc1. The van der Waals surface area contributed by atoms with Crippen LogP contribution in [0.1, 0.15) is 216 Å². The number of nitrogens with zero attached hydrogens (tertiary/aromatic N) is 6. The Labute approximate surface area is 784 Å². The molecule has 4 aliphatic carbocycles. The second-order valence-electron chi connectivity index (χ2n) is 38.0. The molecular formula is C107H120N6O19S. The highest BCUT2D eigenvalue weighted by atomic mass is 32.1. The lowest BCUT2D eigenvalue weighted by Gasteiger charge is -2.59. The lowest BCUT2D eigenvalue weighted by atomic mass is 9.53. The van der Waals surface area contributed by atoms with Crippen LogP contribution in [-0.4, -0.2) is 143 Å². The lowest BCUT2D eigenvalue weighted by Crippen LogP contribution is -2.63. The summed E-state index contributed by atoms with van der Waals surface area (Å²) in [7, 11) is 2.73. The number of hydrogen-bond donors (Lipinski definition) is 0. The molecule has 26 heteroatoms. The fourth-order valence-corrected chi connectivity index (χ4v) is 20.6. The summed E-state index contributed by atoms with van der Waals surface area (Å²) in [4.78, 5) is 138. The number of amides is 2. The highest BCUT2D eigenvalue weighted by Gasteiger charge is 2.65. The zero-order valence-electron chi connectivity index (χ0n) is 79.0. The molecule has 0 radical (unpaired) electrons. The zero-order valence-corrected chi connectivity index (χ0v) is 79.8. The maximum absolute atomic E-state index is 13.4. The first-order valence-electron chi connectivity index (χ1n) is 46.0. The summed E-state index contributed by atoms with van der Waals surface area (Å²) in [6.07, 6.45) is 22.8. The molecule has 1 spiro atoms. The van der Waals surface area contributed by atoms with E-state index in [-0.39, 0.29) is 84.8 Å². The van der Waals surface area contributed by atoms with Gasteiger partial charge in [-0.05, 0) is 216 Å². The van der Waals surface area contributed by atoms with Crippen LogP contribution in [0.15, 0.2) is 246 Å². The van der Waals surface area contributed by atoms with E-state index in [1.54, 1.807) is 61.5 Å². The van der Waals surface area contributed by atoms with Gasteiger partial charge in [0.2, 0.25) is 0 Å². The number of hydrogen-bond acceptors (Lipinski definition) is 24. The Bertz CT molecular complexity index is 5740. The number of unbranched alkanes of at least 4 members (excludes halogenated alkanes) is 2. The number of likely N-dealkylation sites (N-methyl/N-ethyl adjacent to an activating group) is 2. The van der Waals surface area contributed by atoms with E-state index >= 15 is 0 Å². The average Bonchev–Trinajstić information content (AvgIpc) is 1.63. The maximum Gasteiger partial charge on any atom is 0.349 e. The van der Waals surface area contributed by atoms with E-state index in [9.17, 15) is 47.9 Å². The van der Waals surface area contributed by atoms with Gasteiger partial charge in [0.15, 0.2) is 11.0 Å². The van der Waals surface area contributed by atoms with Crippen LogP contribution in [-0.2, 0) is 116 Å². The van der Waals surface area contributed by atoms with E-state index < -0.39 is 53.2 Å². The van der Waals surface area contributed by atoms with Gasteiger partial charge in [-0.3, -0.25) is 19.4 Å². The number of para-hydroxylation sites is 3. The summed E-state index contributed by atoms with van der Waals surface area (Å²) >= 11 is 5.38. The van der Waals surface area contributed by atoms with Gasteiger partial charge in [-0.1, -0.05) is 177 Å². The molecule has 0 aromatic heterocycles. The Balaban J connectivity index is 0.000000145. The highest BCUT2D eigenvalue weighted by molar-refractivity contribution is 7.80. The van der Waals surface area contributed by atoms with Gasteiger partial charge in [-0.2, -0.15) is 0 Å². The first kappa shape index (κ1) is 96.1. The van der Waals surface area contributed by atoms with Crippen LogP contribution < -0.4 is 14.7 Å². The number of methoxy groups -OCH3 is 2. The summed E-state index contributed by atoms with van der Waals surface area (Å²) in [6.45, 7) is 33.8. The van der Waals surface area contributed by atoms with Crippen molar-refractivity contribution in [3.05, 3.63) is 290 Å². The van der Waals surface area contributed by atoms with Crippen LogP contribution in [0.25, 0.3) is 0 Å². The maximum atomic E-state index is 13.4. The zero-order chi connectivity index (χ0) is 95.6. The Morgan fingerprint density at radius 2 is 0.767 bits per heavy atom. The molecule has 18 rings (SSSR count). The van der Waals surface area contributed by atoms with Crippen molar-refractivity contribution in [2.45, 2.75) is 214 Å². The van der Waals surface area contributed by atoms with Gasteiger partial charge in [-0.15, -0.1) is 0 Å². The number of thiocarbonyl (C=S) groups is 1. The minimum absolute atomic E-state index is 0.0638. The molecule has 6 aromatic rings. The molecule has 6 aromatic carbocycles. The molecule has 0 atom stereocenters. The fraction of sp³-hybridized carbons (Fsp3) is 0.411. The second-order valence-corrected chi connectivity index (χ2v) is 38.4. The molecule has 2 amide bonds. The van der Waals surface area contributed by atoms with Crippen molar-refractivity contribution in [3.63, 3.8) is 0 Å². The van der Waals surface area contributed by atoms with Crippen LogP contribution in [0.2, 0.25) is 0 Å². The Morgan fingerprint density at radius 3 is 1.17 bits per heavy atom. The minimum atomic E-state index is -1.43. The number of rotatable bonds is 19. The van der Waals surface area contributed by atoms with Crippen molar-refractivity contribution in [2.75, 3.05) is 61.7 Å². The van der Waals surface area contributed by atoms with Gasteiger partial charge in [0.1, 0.15) is 28.9 Å². The van der Waals surface area contributed by atoms with Gasteiger partial charge in [0.25, 0.3) is 29.2 Å². The predicted molar refractivity (Wildman–Crippen MR) is 506 cm³/mol. The van der Waals surface area contributed by atoms with Gasteiger partial charge >= 0.3 is 47.8 Å². The Morgan fingerprint density at radius 1 is 0.406 bits per heavy atom. The van der Waals surface area contributed by atoms with Crippen molar-refractivity contribution in [3.8, 4) is 0 Å². The number of benzene rings is 6. The first-order chi connectivity index (χ1) is 63.3. The molecule has 4 saturated carbocycles. The van der Waals surface area contributed by atoms with E-state index in [1.807, 2.05) is 111 Å². The summed E-state index contributed by atoms with van der Waals surface area (Å²) in [5.41, 5.74) is 12.0. The molecule has 698 valence electrons. The van der Waals surface area contributed by atoms with Crippen molar-refractivity contribution in [2.24, 2.45) is 23.7 Å². The normalized spacial score (nSPS) is 24.5. The molecule has 0 unspecified atom stereocenters. The number of carbonyl (C=O) groups excluding carboxylic acids is 10. The number of esters is 8. The van der Waals surface area contributed by atoms with Crippen LogP contribution >= 0.6 is 12.2 Å². The number of anilines is 3. The standard InChI is InChI=1S/C34H35NO6.C29H31N3O4S.C27H29NO4.C17H25NO5/c1-33(2)27-6-4-5-7-28(27)35(19-20-8-10-23(11-9-20)30(36)39-3)29(33)13-12-26-31(37)40-34(41-32(26)38)24-15-21-14-22(17-24)18-25(34)16-21;1-6-30-25(33)21(26(34)31(7-2)28(30)37)16-17-24-29(3,4)22-10-8-9-11-23(22)32(24)18-19-12-14-20(15-13-19)27(35)36-5;1-5-6-18-28-22-15-11-10-14-21(22)26(2,3)23(28)17-16-20-24(29)31-27(4,32-25(20)30)19-12-8-7-9-13-19;1-6-7-10-18-13(21-11-16(18,2)3)9-8-12-14(19)22-17(4,5)23-15(12)20/h4-13,21-22,24-25H,14-19H2,1-3H3;8-17H,6-7,18H2,1-5H3;7-17H,5-6,18H2,1-4H3;8-9H,6-7,10-11H2,1-5H3/b26-12?,29-13+;24-17+;20-16?,23-17+;13-9-. The largest absolute Gasteiger partial charge is 0.477 e. The smallest absolute Gasteiger partial charge is 0.349 e. The van der Waals surface area contributed by atoms with Crippen molar-refractivity contribution in [1.29, 1.82) is 0 Å². The summed E-state index contributed by atoms with van der Waals surface area (Å²) in [5.74, 6) is -6.95. The molecule has 133 heavy (non-hydrogen) atoms. The van der Waals surface area contributed by atoms with Crippen molar-refractivity contribution < 1.29 is 90.6 Å². The molecule has 8 heterocycles. The van der Waals surface area contributed by atoms with E-state index in [0.717, 1.165) is 115 Å². The van der Waals surface area contributed by atoms with Gasteiger partial charge < -0.3 is 62.2 Å². The third-order valence-corrected chi connectivity index (χ3v) is 27.6. The molecule has 4 bridgehead atoms. The summed E-state index contributed by atoms with van der Waals surface area (Å²) in [6, 6.07) is 48.4. The monoisotopic (exact) mass is 1820 g/mol. The molecule has 0 N–H and O–H groups in total. The van der Waals surface area contributed by atoms with E-state index in [1.165, 1.54) is 67.7 Å². The van der Waals surface area contributed by atoms with E-state index in [2.05, 4.69) is 125 Å². The number of allylic oxidation sites excluding steroid dienone is 11. The van der Waals surface area contributed by atoms with Gasteiger partial charge in [-0.25, -0.2) is 38.4 Å². The topological polar surface area (TPSA) is 273 Å². The van der Waals surface area contributed by atoms with Crippen molar-refractivity contribution in [1.82, 2.24) is 14.7 Å². The summed E-state index contributed by atoms with van der Waals surface area (Å²) in [5, 5.41) is 0.246. The van der Waals surface area contributed by atoms with E-state index in [4.69, 9.17) is 54.8 Å². The third-order valence-electron chi connectivity index (χ3n) is 27.2. The molecular weight excluding hydrogens is 1710 g/mol. The Kier molecular flexibility index (Phi) is 28.0. The van der Waals surface area contributed by atoms with Gasteiger partial charge in [0.05, 0.1) is 30.9 Å². The van der Waals surface area contributed by atoms with Crippen LogP contribution in [0, 0.1) is 23.7 Å². The molecule has 25 nitrogen and oxygen atoms in total. The predicted octanol–water partition coefficient (Wildman–Crippen LogP) is 18.3. The molecule has 12 aliphatic rings. The van der Waals surface area contributed by atoms with Crippen molar-refractivity contribution >= 4 is 94.0 Å². The van der Waals surface area contributed by atoms with E-state index in [0.29, 0.717) is 67.2 Å². The minimum Gasteiger partial charge on any atom is -0.477 e. The quantitative estimate of drug-likeness (QED) is 0.0239. The van der Waals surface area contributed by atoms with Crippen LogP contribution in [0.4, 0.5) is 17.1 Å². The Hall–Kier alpha value is -13.0. The molecule has 8 aliphatic heterocycles. The summed E-state index contributed by atoms with van der Waals surface area (Å²) < 4.78 is 48.8. The number of carbonyl (C=O) groups is 10. The van der Waals surface area contributed by atoms with Crippen LogP contribution in [0.5, 0.6) is 0 Å². The highest BCUT2D eigenvalue weighted by Crippen LogP contribution is 2.62. The average molecular weight is 1830 g/mol. The lowest BCUT2D eigenvalue weighted by molar-refractivity contribution is -0.313. The number of ether oxygens (including phenoxy) is 9. The number of fused-ring (bicyclic) bond motifs is 3. The fourth-order valence-electron chi connectivity index (χ4n) is 20.2. The first-order valence-corrected chi connectivity index (χ1v) is 46.4. The molecule has 9 fully saturated rings.